The molecule has 25 heavy (non-hydrogen) atoms. The summed E-state index contributed by atoms with van der Waals surface area (Å²) in [6, 6.07) is 10.0. The van der Waals surface area contributed by atoms with Gasteiger partial charge in [0.05, 0.1) is 13.0 Å². The van der Waals surface area contributed by atoms with E-state index in [1.807, 2.05) is 25.1 Å². The van der Waals surface area contributed by atoms with E-state index in [4.69, 9.17) is 9.47 Å². The third-order valence-electron chi connectivity index (χ3n) is 4.55. The van der Waals surface area contributed by atoms with E-state index in [9.17, 15) is 14.3 Å². The van der Waals surface area contributed by atoms with Crippen molar-refractivity contribution in [2.24, 2.45) is 5.92 Å². The van der Waals surface area contributed by atoms with Crippen LogP contribution in [0.4, 0.5) is 4.39 Å². The molecule has 0 aromatic heterocycles. The van der Waals surface area contributed by atoms with E-state index in [1.165, 1.54) is 13.2 Å². The number of benzene rings is 2. The number of aromatic hydroxyl groups is 1. The molecule has 3 rings (SSSR count). The molecule has 0 saturated carbocycles. The second kappa shape index (κ2) is 7.13. The van der Waals surface area contributed by atoms with Crippen LogP contribution in [0.5, 0.6) is 11.5 Å². The van der Waals surface area contributed by atoms with Gasteiger partial charge in [0.2, 0.25) is 0 Å². The number of carbonyl (C=O) groups excluding carboxylic acids is 1. The first-order valence-corrected chi connectivity index (χ1v) is 8.32. The fourth-order valence-corrected chi connectivity index (χ4v) is 3.18. The van der Waals surface area contributed by atoms with Crippen LogP contribution in [0.15, 0.2) is 36.4 Å². The second-order valence-corrected chi connectivity index (χ2v) is 6.42. The lowest BCUT2D eigenvalue weighted by Gasteiger charge is -2.27. The number of rotatable bonds is 4. The van der Waals surface area contributed by atoms with Gasteiger partial charge in [0, 0.05) is 11.6 Å². The Hall–Kier alpha value is -2.56. The average molecular weight is 344 g/mol. The molecular formula is C20H21FO4. The topological polar surface area (TPSA) is 55.8 Å². The van der Waals surface area contributed by atoms with Gasteiger partial charge >= 0.3 is 5.97 Å². The van der Waals surface area contributed by atoms with Crippen molar-refractivity contribution < 1.29 is 23.8 Å². The third kappa shape index (κ3) is 3.76. The Morgan fingerprint density at radius 1 is 1.36 bits per heavy atom. The lowest BCUT2D eigenvalue weighted by atomic mass is 9.94. The van der Waals surface area contributed by atoms with Crippen molar-refractivity contribution in [1.82, 2.24) is 0 Å². The predicted molar refractivity (Wildman–Crippen MR) is 91.1 cm³/mol. The van der Waals surface area contributed by atoms with E-state index in [0.29, 0.717) is 18.4 Å². The number of phenols is 1. The molecule has 0 amide bonds. The standard InChI is InChI=1S/C20H21FO4/c1-12(20(23)24-2)9-13-3-4-14-5-8-18(25-19(14)10-13)16-7-6-15(22)11-17(16)21/h3-4,6-7,10-12,18,22H,5,8-9H2,1-2H3. The number of hydrogen-bond donors (Lipinski definition) is 1. The number of hydrogen-bond acceptors (Lipinski definition) is 4. The van der Waals surface area contributed by atoms with Crippen LogP contribution in [0.25, 0.3) is 0 Å². The van der Waals surface area contributed by atoms with Gasteiger partial charge in [0.25, 0.3) is 0 Å². The van der Waals surface area contributed by atoms with Gasteiger partial charge < -0.3 is 14.6 Å². The Bertz CT molecular complexity index is 787. The molecule has 0 radical (unpaired) electrons. The minimum absolute atomic E-state index is 0.100. The number of ether oxygens (including phenoxy) is 2. The molecule has 1 N–H and O–H groups in total. The van der Waals surface area contributed by atoms with Gasteiger partial charge in [-0.3, -0.25) is 4.79 Å². The molecule has 132 valence electrons. The zero-order valence-electron chi connectivity index (χ0n) is 14.3. The van der Waals surface area contributed by atoms with Crippen LogP contribution in [0, 0.1) is 11.7 Å². The summed E-state index contributed by atoms with van der Waals surface area (Å²) >= 11 is 0. The first-order chi connectivity index (χ1) is 12.0. The summed E-state index contributed by atoms with van der Waals surface area (Å²) in [5, 5.41) is 9.36. The normalized spacial score (nSPS) is 17.3. The van der Waals surface area contributed by atoms with E-state index in [2.05, 4.69) is 0 Å². The van der Waals surface area contributed by atoms with Crippen LogP contribution >= 0.6 is 0 Å². The van der Waals surface area contributed by atoms with Crippen LogP contribution in [-0.4, -0.2) is 18.2 Å². The van der Waals surface area contributed by atoms with Crippen molar-refractivity contribution in [3.8, 4) is 11.5 Å². The average Bonchev–Trinajstić information content (AvgIpc) is 2.60. The molecule has 1 aliphatic rings. The van der Waals surface area contributed by atoms with E-state index in [0.717, 1.165) is 29.4 Å². The molecule has 0 spiro atoms. The smallest absolute Gasteiger partial charge is 0.308 e. The maximum absolute atomic E-state index is 14.1. The molecule has 2 aromatic rings. The summed E-state index contributed by atoms with van der Waals surface area (Å²) in [6.07, 6.45) is 1.63. The molecule has 2 atom stereocenters. The lowest BCUT2D eigenvalue weighted by Crippen LogP contribution is -2.18. The fourth-order valence-electron chi connectivity index (χ4n) is 3.18. The minimum Gasteiger partial charge on any atom is -0.508 e. The highest BCUT2D eigenvalue weighted by Crippen LogP contribution is 2.37. The fraction of sp³-hybridized carbons (Fsp3) is 0.350. The SMILES string of the molecule is COC(=O)C(C)Cc1ccc2c(c1)OC(c1ccc(O)cc1F)CC2. The molecule has 0 fully saturated rings. The molecule has 1 aliphatic heterocycles. The zero-order chi connectivity index (χ0) is 18.0. The maximum atomic E-state index is 14.1. The summed E-state index contributed by atoms with van der Waals surface area (Å²) in [4.78, 5) is 11.6. The van der Waals surface area contributed by atoms with Gasteiger partial charge in [-0.1, -0.05) is 19.1 Å². The van der Waals surface area contributed by atoms with Crippen molar-refractivity contribution >= 4 is 5.97 Å². The molecule has 4 nitrogen and oxygen atoms in total. The molecular weight excluding hydrogens is 323 g/mol. The first-order valence-electron chi connectivity index (χ1n) is 8.32. The van der Waals surface area contributed by atoms with E-state index >= 15 is 0 Å². The molecule has 2 unspecified atom stereocenters. The second-order valence-electron chi connectivity index (χ2n) is 6.42. The van der Waals surface area contributed by atoms with E-state index < -0.39 is 5.82 Å². The molecule has 5 heteroatoms. The highest BCUT2D eigenvalue weighted by Gasteiger charge is 2.24. The van der Waals surface area contributed by atoms with Gasteiger partial charge in [-0.15, -0.1) is 0 Å². The number of carbonyl (C=O) groups is 1. The number of phenolic OH excluding ortho intramolecular Hbond substituents is 1. The van der Waals surface area contributed by atoms with Gasteiger partial charge in [0.15, 0.2) is 0 Å². The number of methoxy groups -OCH3 is 1. The van der Waals surface area contributed by atoms with Crippen LogP contribution < -0.4 is 4.74 Å². The van der Waals surface area contributed by atoms with Crippen molar-refractivity contribution in [1.29, 1.82) is 0 Å². The predicted octanol–water partition coefficient (Wildman–Crippen LogP) is 3.95. The van der Waals surface area contributed by atoms with Crippen LogP contribution in [-0.2, 0) is 22.4 Å². The van der Waals surface area contributed by atoms with Crippen molar-refractivity contribution in [3.63, 3.8) is 0 Å². The Kier molecular flexibility index (Phi) is 4.93. The molecule has 0 bridgehead atoms. The third-order valence-corrected chi connectivity index (χ3v) is 4.55. The summed E-state index contributed by atoms with van der Waals surface area (Å²) in [5.74, 6) is -0.335. The highest BCUT2D eigenvalue weighted by molar-refractivity contribution is 5.72. The van der Waals surface area contributed by atoms with Gasteiger partial charge in [-0.25, -0.2) is 4.39 Å². The Balaban J connectivity index is 1.80. The Labute approximate surface area is 146 Å². The highest BCUT2D eigenvalue weighted by atomic mass is 19.1. The minimum atomic E-state index is -0.469. The Morgan fingerprint density at radius 3 is 2.88 bits per heavy atom. The van der Waals surface area contributed by atoms with Gasteiger partial charge in [0.1, 0.15) is 23.4 Å². The van der Waals surface area contributed by atoms with Crippen molar-refractivity contribution in [3.05, 3.63) is 58.9 Å². The quantitative estimate of drug-likeness (QED) is 0.854. The molecule has 2 aromatic carbocycles. The molecule has 0 aliphatic carbocycles. The van der Waals surface area contributed by atoms with Crippen LogP contribution in [0.1, 0.15) is 36.1 Å². The maximum Gasteiger partial charge on any atom is 0.308 e. The summed E-state index contributed by atoms with van der Waals surface area (Å²) in [7, 11) is 1.38. The van der Waals surface area contributed by atoms with E-state index in [1.54, 1.807) is 6.07 Å². The van der Waals surface area contributed by atoms with Crippen LogP contribution in [0.2, 0.25) is 0 Å². The van der Waals surface area contributed by atoms with Crippen molar-refractivity contribution in [2.45, 2.75) is 32.3 Å². The number of esters is 1. The van der Waals surface area contributed by atoms with Gasteiger partial charge in [-0.2, -0.15) is 0 Å². The van der Waals surface area contributed by atoms with Gasteiger partial charge in [-0.05, 0) is 48.6 Å². The lowest BCUT2D eigenvalue weighted by molar-refractivity contribution is -0.144. The Morgan fingerprint density at radius 2 is 2.16 bits per heavy atom. The van der Waals surface area contributed by atoms with E-state index in [-0.39, 0.29) is 23.7 Å². The summed E-state index contributed by atoms with van der Waals surface area (Å²) in [5.41, 5.74) is 2.49. The monoisotopic (exact) mass is 344 g/mol. The zero-order valence-corrected chi connectivity index (χ0v) is 14.3. The van der Waals surface area contributed by atoms with Crippen molar-refractivity contribution in [2.75, 3.05) is 7.11 Å². The summed E-state index contributed by atoms with van der Waals surface area (Å²) < 4.78 is 24.9. The number of fused-ring (bicyclic) bond motifs is 1. The molecule has 0 saturated heterocycles. The largest absolute Gasteiger partial charge is 0.508 e. The van der Waals surface area contributed by atoms with Crippen LogP contribution in [0.3, 0.4) is 0 Å². The first kappa shape index (κ1) is 17.3. The number of halogens is 1. The summed E-state index contributed by atoms with van der Waals surface area (Å²) in [6.45, 7) is 1.82. The number of aryl methyl sites for hydroxylation is 1. The molecule has 1 heterocycles.